The van der Waals surface area contributed by atoms with Crippen molar-refractivity contribution >= 4 is 6.79 Å². The van der Waals surface area contributed by atoms with Crippen LogP contribution in [0.3, 0.4) is 0 Å². The predicted octanol–water partition coefficient (Wildman–Crippen LogP) is 7.59. The highest BCUT2D eigenvalue weighted by Crippen LogP contribution is 2.24. The summed E-state index contributed by atoms with van der Waals surface area (Å²) < 4.78 is 0. The van der Waals surface area contributed by atoms with Crippen molar-refractivity contribution in [2.45, 2.75) is 41.0 Å². The van der Waals surface area contributed by atoms with Gasteiger partial charge < -0.3 is 4.79 Å². The first kappa shape index (κ1) is 23.3. The van der Waals surface area contributed by atoms with Crippen molar-refractivity contribution in [3.05, 3.63) is 84.4 Å². The summed E-state index contributed by atoms with van der Waals surface area (Å²) in [5.41, 5.74) is 6.35. The molecule has 26 heavy (non-hydrogen) atoms. The van der Waals surface area contributed by atoms with Gasteiger partial charge in [0.05, 0.1) is 0 Å². The van der Waals surface area contributed by atoms with Crippen molar-refractivity contribution < 1.29 is 4.79 Å². The van der Waals surface area contributed by atoms with Crippen LogP contribution in [0.25, 0.3) is 22.3 Å². The van der Waals surface area contributed by atoms with E-state index in [1.165, 1.54) is 34.2 Å². The normalized spacial score (nSPS) is 8.65. The topological polar surface area (TPSA) is 17.1 Å². The molecule has 0 radical (unpaired) electrons. The fourth-order valence-corrected chi connectivity index (χ4v) is 2.23. The van der Waals surface area contributed by atoms with Crippen LogP contribution in [0.5, 0.6) is 0 Å². The summed E-state index contributed by atoms with van der Waals surface area (Å²) in [6, 6.07) is 27.9. The Morgan fingerprint density at radius 3 is 1.19 bits per heavy atom. The maximum absolute atomic E-state index is 8.00. The summed E-state index contributed by atoms with van der Waals surface area (Å²) in [5, 5.41) is 0. The third kappa shape index (κ3) is 7.94. The first-order chi connectivity index (χ1) is 12.7. The molecule has 0 N–H and O–H groups in total. The van der Waals surface area contributed by atoms with Crippen molar-refractivity contribution in [2.24, 2.45) is 0 Å². The average molecular weight is 349 g/mol. The molecule has 0 heterocycles. The highest BCUT2D eigenvalue weighted by Gasteiger charge is 1.99. The fourth-order valence-electron chi connectivity index (χ4n) is 2.23. The van der Waals surface area contributed by atoms with Crippen molar-refractivity contribution in [2.75, 3.05) is 0 Å². The van der Waals surface area contributed by atoms with E-state index in [4.69, 9.17) is 4.79 Å². The Kier molecular flexibility index (Phi) is 13.1. The molecule has 0 fully saturated rings. The third-order valence-electron chi connectivity index (χ3n) is 3.38. The van der Waals surface area contributed by atoms with Crippen molar-refractivity contribution in [3.8, 4) is 22.3 Å². The van der Waals surface area contributed by atoms with Crippen LogP contribution >= 0.6 is 0 Å². The van der Waals surface area contributed by atoms with E-state index in [1.807, 2.05) is 26.7 Å². The quantitative estimate of drug-likeness (QED) is 0.466. The number of carbonyl (C=O) groups is 1. The number of hydrogen-bond donors (Lipinski definition) is 0. The molecule has 0 bridgehead atoms. The largest absolute Gasteiger partial charge is 0.307 e. The third-order valence-corrected chi connectivity index (χ3v) is 3.38. The predicted molar refractivity (Wildman–Crippen MR) is 116 cm³/mol. The SMILES string of the molecule is C=O.CC.CCC.Cc1ccc(-c2ccc(-c3ccccc3)cc2)cc1. The van der Waals surface area contributed by atoms with Gasteiger partial charge in [0.2, 0.25) is 0 Å². The van der Waals surface area contributed by atoms with Gasteiger partial charge in [-0.3, -0.25) is 0 Å². The van der Waals surface area contributed by atoms with E-state index in [0.717, 1.165) is 0 Å². The van der Waals surface area contributed by atoms with Crippen LogP contribution in [-0.4, -0.2) is 6.79 Å². The standard InChI is InChI=1S/C19H16.C3H8.C2H6.CH2O/c1-15-7-9-17(10-8-15)19-13-11-18(12-14-19)16-5-3-2-4-6-16;1-3-2;2*1-2/h2-14H,1H3;3H2,1-2H3;1-2H3;1H2. The van der Waals surface area contributed by atoms with Gasteiger partial charge in [0.1, 0.15) is 6.79 Å². The molecule has 0 saturated heterocycles. The van der Waals surface area contributed by atoms with Gasteiger partial charge in [-0.25, -0.2) is 0 Å². The Labute approximate surface area is 159 Å². The summed E-state index contributed by atoms with van der Waals surface area (Å²) in [5.74, 6) is 0. The van der Waals surface area contributed by atoms with E-state index in [-0.39, 0.29) is 0 Å². The zero-order chi connectivity index (χ0) is 19.8. The fraction of sp³-hybridized carbons (Fsp3) is 0.240. The Hall–Kier alpha value is -2.67. The minimum atomic E-state index is 1.25. The number of benzene rings is 3. The monoisotopic (exact) mass is 348 g/mol. The van der Waals surface area contributed by atoms with Gasteiger partial charge in [-0.15, -0.1) is 0 Å². The molecule has 0 unspecified atom stereocenters. The summed E-state index contributed by atoms with van der Waals surface area (Å²) in [4.78, 5) is 8.00. The molecule has 0 saturated carbocycles. The van der Waals surface area contributed by atoms with Gasteiger partial charge in [0, 0.05) is 0 Å². The van der Waals surface area contributed by atoms with E-state index in [9.17, 15) is 0 Å². The first-order valence-corrected chi connectivity index (χ1v) is 9.26. The minimum Gasteiger partial charge on any atom is -0.307 e. The summed E-state index contributed by atoms with van der Waals surface area (Å²) in [7, 11) is 0. The lowest BCUT2D eigenvalue weighted by Gasteiger charge is -2.05. The second kappa shape index (κ2) is 14.7. The lowest BCUT2D eigenvalue weighted by atomic mass is 10.00. The molecule has 3 aromatic carbocycles. The molecule has 1 heteroatoms. The molecule has 0 aliphatic rings. The van der Waals surface area contributed by atoms with Crippen LogP contribution in [-0.2, 0) is 4.79 Å². The zero-order valence-corrected chi connectivity index (χ0v) is 16.8. The van der Waals surface area contributed by atoms with Gasteiger partial charge in [-0.1, -0.05) is 119 Å². The summed E-state index contributed by atoms with van der Waals surface area (Å²) in [6.45, 7) is 12.4. The van der Waals surface area contributed by atoms with Crippen molar-refractivity contribution in [1.82, 2.24) is 0 Å². The van der Waals surface area contributed by atoms with Gasteiger partial charge in [-0.05, 0) is 29.2 Å². The average Bonchev–Trinajstić information content (AvgIpc) is 2.73. The molecule has 3 aromatic rings. The van der Waals surface area contributed by atoms with E-state index < -0.39 is 0 Å². The zero-order valence-electron chi connectivity index (χ0n) is 16.8. The van der Waals surface area contributed by atoms with E-state index in [2.05, 4.69) is 93.6 Å². The van der Waals surface area contributed by atoms with Gasteiger partial charge >= 0.3 is 0 Å². The molecule has 0 atom stereocenters. The van der Waals surface area contributed by atoms with Crippen LogP contribution < -0.4 is 0 Å². The molecule has 0 spiro atoms. The van der Waals surface area contributed by atoms with Crippen molar-refractivity contribution in [3.63, 3.8) is 0 Å². The van der Waals surface area contributed by atoms with E-state index in [0.29, 0.717) is 0 Å². The van der Waals surface area contributed by atoms with Gasteiger partial charge in [0.25, 0.3) is 0 Å². The smallest absolute Gasteiger partial charge is 0.106 e. The van der Waals surface area contributed by atoms with E-state index in [1.54, 1.807) is 0 Å². The number of carbonyl (C=O) groups excluding carboxylic acids is 1. The summed E-state index contributed by atoms with van der Waals surface area (Å²) >= 11 is 0. The van der Waals surface area contributed by atoms with Gasteiger partial charge in [0.15, 0.2) is 0 Å². The van der Waals surface area contributed by atoms with Crippen LogP contribution in [0.4, 0.5) is 0 Å². The molecular formula is C25H32O. The lowest BCUT2D eigenvalue weighted by Crippen LogP contribution is -1.80. The highest BCUT2D eigenvalue weighted by atomic mass is 16.1. The first-order valence-electron chi connectivity index (χ1n) is 9.26. The molecule has 3 rings (SSSR count). The van der Waals surface area contributed by atoms with Crippen molar-refractivity contribution in [1.29, 1.82) is 0 Å². The number of aryl methyl sites for hydroxylation is 1. The Bertz CT molecular complexity index is 682. The van der Waals surface area contributed by atoms with Crippen LogP contribution in [0.1, 0.15) is 39.7 Å². The van der Waals surface area contributed by atoms with Crippen LogP contribution in [0.15, 0.2) is 78.9 Å². The molecule has 1 nitrogen and oxygen atoms in total. The highest BCUT2D eigenvalue weighted by molar-refractivity contribution is 5.70. The Balaban J connectivity index is 0.000000793. The van der Waals surface area contributed by atoms with E-state index >= 15 is 0 Å². The van der Waals surface area contributed by atoms with Gasteiger partial charge in [-0.2, -0.15) is 0 Å². The van der Waals surface area contributed by atoms with Crippen LogP contribution in [0, 0.1) is 6.92 Å². The molecule has 0 aliphatic heterocycles. The minimum absolute atomic E-state index is 1.25. The molecule has 0 aliphatic carbocycles. The molecule has 0 aromatic heterocycles. The molecular weight excluding hydrogens is 316 g/mol. The Morgan fingerprint density at radius 2 is 0.846 bits per heavy atom. The lowest BCUT2D eigenvalue weighted by molar-refractivity contribution is -0.0979. The molecule has 0 amide bonds. The number of hydrogen-bond acceptors (Lipinski definition) is 1. The second-order valence-corrected chi connectivity index (χ2v) is 5.52. The van der Waals surface area contributed by atoms with Crippen LogP contribution in [0.2, 0.25) is 0 Å². The molecule has 138 valence electrons. The number of rotatable bonds is 2. The maximum Gasteiger partial charge on any atom is 0.106 e. The second-order valence-electron chi connectivity index (χ2n) is 5.52. The Morgan fingerprint density at radius 1 is 0.577 bits per heavy atom. The summed E-state index contributed by atoms with van der Waals surface area (Å²) in [6.07, 6.45) is 1.25. The maximum atomic E-state index is 8.00.